The third-order valence-electron chi connectivity index (χ3n) is 2.36. The molecule has 0 unspecified atom stereocenters. The molecule has 0 amide bonds. The van der Waals surface area contributed by atoms with Crippen molar-refractivity contribution in [2.45, 2.75) is 20.3 Å². The van der Waals surface area contributed by atoms with Crippen LogP contribution in [0.25, 0.3) is 0 Å². The summed E-state index contributed by atoms with van der Waals surface area (Å²) in [5.74, 6) is 0.832. The van der Waals surface area contributed by atoms with Gasteiger partial charge in [0.15, 0.2) is 0 Å². The quantitative estimate of drug-likeness (QED) is 0.881. The molecule has 0 radical (unpaired) electrons. The molecule has 5 heteroatoms. The van der Waals surface area contributed by atoms with Crippen molar-refractivity contribution >= 4 is 17.2 Å². The number of anilines is 1. The fraction of sp³-hybridized carbons (Fsp3) is 0.364. The summed E-state index contributed by atoms with van der Waals surface area (Å²) in [6, 6.07) is 0. The van der Waals surface area contributed by atoms with Crippen molar-refractivity contribution in [3.05, 3.63) is 34.2 Å². The third kappa shape index (κ3) is 2.76. The first-order valence-electron chi connectivity index (χ1n) is 5.17. The molecule has 0 aromatic carbocycles. The maximum atomic E-state index is 4.40. The van der Waals surface area contributed by atoms with E-state index in [1.165, 1.54) is 0 Å². The predicted octanol–water partition coefficient (Wildman–Crippen LogP) is 2.20. The second kappa shape index (κ2) is 5.03. The van der Waals surface area contributed by atoms with Crippen molar-refractivity contribution in [2.75, 3.05) is 11.9 Å². The topological polar surface area (TPSA) is 50.7 Å². The Morgan fingerprint density at radius 2 is 2.12 bits per heavy atom. The van der Waals surface area contributed by atoms with Crippen LogP contribution in [0.2, 0.25) is 0 Å². The van der Waals surface area contributed by atoms with Gasteiger partial charge in [-0.15, -0.1) is 11.3 Å². The first-order valence-corrected chi connectivity index (χ1v) is 6.11. The van der Waals surface area contributed by atoms with Crippen molar-refractivity contribution < 1.29 is 0 Å². The fourth-order valence-electron chi connectivity index (χ4n) is 1.31. The maximum Gasteiger partial charge on any atom is 0.144 e. The lowest BCUT2D eigenvalue weighted by Gasteiger charge is -2.05. The van der Waals surface area contributed by atoms with Crippen molar-refractivity contribution in [3.63, 3.8) is 0 Å². The number of nitrogens with one attached hydrogen (secondary N) is 1. The van der Waals surface area contributed by atoms with E-state index in [4.69, 9.17) is 0 Å². The van der Waals surface area contributed by atoms with E-state index in [9.17, 15) is 0 Å². The molecule has 0 spiro atoms. The van der Waals surface area contributed by atoms with Gasteiger partial charge in [-0.05, 0) is 13.8 Å². The molecule has 0 aliphatic carbocycles. The minimum absolute atomic E-state index is 0.832. The summed E-state index contributed by atoms with van der Waals surface area (Å²) in [5.41, 5.74) is 4.92. The molecule has 0 aliphatic heterocycles. The van der Waals surface area contributed by atoms with E-state index in [0.717, 1.165) is 35.9 Å². The van der Waals surface area contributed by atoms with Crippen LogP contribution in [0.15, 0.2) is 17.1 Å². The Morgan fingerprint density at radius 1 is 1.25 bits per heavy atom. The highest BCUT2D eigenvalue weighted by Crippen LogP contribution is 2.06. The van der Waals surface area contributed by atoms with Crippen LogP contribution in [0.3, 0.4) is 0 Å². The molecule has 0 bridgehead atoms. The molecule has 4 nitrogen and oxygen atoms in total. The van der Waals surface area contributed by atoms with Crippen LogP contribution in [0.4, 0.5) is 5.82 Å². The zero-order valence-electron chi connectivity index (χ0n) is 9.40. The fourth-order valence-corrected chi connectivity index (χ4v) is 1.90. The normalized spacial score (nSPS) is 10.4. The molecule has 84 valence electrons. The van der Waals surface area contributed by atoms with Crippen LogP contribution in [-0.2, 0) is 6.42 Å². The minimum atomic E-state index is 0.832. The van der Waals surface area contributed by atoms with Crippen LogP contribution < -0.4 is 5.32 Å². The van der Waals surface area contributed by atoms with Gasteiger partial charge in [-0.1, -0.05) is 0 Å². The van der Waals surface area contributed by atoms with Gasteiger partial charge in [0.05, 0.1) is 28.8 Å². The number of hydrogen-bond acceptors (Lipinski definition) is 5. The molecule has 1 N–H and O–H groups in total. The summed E-state index contributed by atoms with van der Waals surface area (Å²) in [4.78, 5) is 12.9. The highest BCUT2D eigenvalue weighted by Gasteiger charge is 1.99. The lowest BCUT2D eigenvalue weighted by Crippen LogP contribution is -2.08. The molecular weight excluding hydrogens is 220 g/mol. The zero-order valence-corrected chi connectivity index (χ0v) is 10.2. The summed E-state index contributed by atoms with van der Waals surface area (Å²) in [6.45, 7) is 4.76. The highest BCUT2D eigenvalue weighted by molar-refractivity contribution is 7.07. The molecular formula is C11H14N4S. The largest absolute Gasteiger partial charge is 0.368 e. The summed E-state index contributed by atoms with van der Waals surface area (Å²) >= 11 is 1.62. The average Bonchev–Trinajstić information content (AvgIpc) is 2.76. The van der Waals surface area contributed by atoms with Crippen LogP contribution in [0.1, 0.15) is 17.1 Å². The summed E-state index contributed by atoms with van der Waals surface area (Å²) in [7, 11) is 0. The van der Waals surface area contributed by atoms with E-state index in [-0.39, 0.29) is 0 Å². The molecule has 0 atom stereocenters. The van der Waals surface area contributed by atoms with Gasteiger partial charge < -0.3 is 5.32 Å². The van der Waals surface area contributed by atoms with Gasteiger partial charge >= 0.3 is 0 Å². The number of nitrogens with zero attached hydrogens (tertiary/aromatic N) is 3. The Morgan fingerprint density at radius 3 is 2.81 bits per heavy atom. The molecule has 2 heterocycles. The van der Waals surface area contributed by atoms with Crippen LogP contribution in [0, 0.1) is 13.8 Å². The standard InChI is InChI=1S/C11H14N4S/c1-8-9(2)15-11(5-13-8)12-4-3-10-6-16-7-14-10/h5-7H,3-4H2,1-2H3,(H,12,15). The first kappa shape index (κ1) is 11.0. The number of thiazole rings is 1. The summed E-state index contributed by atoms with van der Waals surface area (Å²) in [6.07, 6.45) is 2.68. The van der Waals surface area contributed by atoms with Crippen LogP contribution >= 0.6 is 11.3 Å². The van der Waals surface area contributed by atoms with E-state index in [2.05, 4.69) is 25.6 Å². The van der Waals surface area contributed by atoms with E-state index < -0.39 is 0 Å². The lowest BCUT2D eigenvalue weighted by atomic mass is 10.3. The second-order valence-electron chi connectivity index (χ2n) is 3.58. The summed E-state index contributed by atoms with van der Waals surface area (Å²) < 4.78 is 0. The monoisotopic (exact) mass is 234 g/mol. The average molecular weight is 234 g/mol. The van der Waals surface area contributed by atoms with Crippen molar-refractivity contribution in [3.8, 4) is 0 Å². The minimum Gasteiger partial charge on any atom is -0.368 e. The van der Waals surface area contributed by atoms with Gasteiger partial charge in [0.2, 0.25) is 0 Å². The molecule has 2 aromatic rings. The number of aromatic nitrogens is 3. The maximum absolute atomic E-state index is 4.40. The Labute approximate surface area is 98.8 Å². The molecule has 2 rings (SSSR count). The van der Waals surface area contributed by atoms with E-state index >= 15 is 0 Å². The molecule has 0 fully saturated rings. The Balaban J connectivity index is 1.87. The molecule has 16 heavy (non-hydrogen) atoms. The van der Waals surface area contributed by atoms with Gasteiger partial charge in [-0.2, -0.15) is 0 Å². The third-order valence-corrected chi connectivity index (χ3v) is 3.00. The second-order valence-corrected chi connectivity index (χ2v) is 4.30. The van der Waals surface area contributed by atoms with Gasteiger partial charge in [-0.25, -0.2) is 9.97 Å². The Bertz CT molecular complexity index is 453. The zero-order chi connectivity index (χ0) is 11.4. The molecule has 2 aromatic heterocycles. The number of rotatable bonds is 4. The van der Waals surface area contributed by atoms with Crippen LogP contribution in [-0.4, -0.2) is 21.5 Å². The van der Waals surface area contributed by atoms with Crippen molar-refractivity contribution in [1.29, 1.82) is 0 Å². The number of aryl methyl sites for hydroxylation is 2. The van der Waals surface area contributed by atoms with Crippen LogP contribution in [0.5, 0.6) is 0 Å². The van der Waals surface area contributed by atoms with Gasteiger partial charge in [0, 0.05) is 18.3 Å². The Kier molecular flexibility index (Phi) is 3.46. The van der Waals surface area contributed by atoms with Gasteiger partial charge in [0.25, 0.3) is 0 Å². The highest BCUT2D eigenvalue weighted by atomic mass is 32.1. The van der Waals surface area contributed by atoms with Crippen molar-refractivity contribution in [2.24, 2.45) is 0 Å². The lowest BCUT2D eigenvalue weighted by molar-refractivity contribution is 0.952. The van der Waals surface area contributed by atoms with Gasteiger partial charge in [-0.3, -0.25) is 4.98 Å². The Hall–Kier alpha value is -1.49. The molecule has 0 aliphatic rings. The van der Waals surface area contributed by atoms with E-state index in [1.54, 1.807) is 17.5 Å². The smallest absolute Gasteiger partial charge is 0.144 e. The van der Waals surface area contributed by atoms with Crippen molar-refractivity contribution in [1.82, 2.24) is 15.0 Å². The van der Waals surface area contributed by atoms with Gasteiger partial charge in [0.1, 0.15) is 5.82 Å². The SMILES string of the molecule is Cc1ncc(NCCc2cscn2)nc1C. The van der Waals surface area contributed by atoms with E-state index in [0.29, 0.717) is 0 Å². The molecule has 0 saturated heterocycles. The molecule has 0 saturated carbocycles. The summed E-state index contributed by atoms with van der Waals surface area (Å²) in [5, 5.41) is 5.31. The van der Waals surface area contributed by atoms with E-state index in [1.807, 2.05) is 19.4 Å². The predicted molar refractivity (Wildman–Crippen MR) is 65.8 cm³/mol. The first-order chi connectivity index (χ1) is 7.75. The number of hydrogen-bond donors (Lipinski definition) is 1.